The van der Waals surface area contributed by atoms with Gasteiger partial charge < -0.3 is 0 Å². The van der Waals surface area contributed by atoms with E-state index in [-0.39, 0.29) is 5.56 Å². The lowest BCUT2D eigenvalue weighted by molar-refractivity contribution is -0.112. The average Bonchev–Trinajstić information content (AvgIpc) is 3.18. The summed E-state index contributed by atoms with van der Waals surface area (Å²) in [4.78, 5) is 30.7. The summed E-state index contributed by atoms with van der Waals surface area (Å²) in [5.41, 5.74) is 3.72. The predicted octanol–water partition coefficient (Wildman–Crippen LogP) is 4.56. The second kappa shape index (κ2) is 7.80. The maximum absolute atomic E-state index is 12.4. The second-order valence-corrected chi connectivity index (χ2v) is 7.45. The first-order valence-electron chi connectivity index (χ1n) is 8.42. The summed E-state index contributed by atoms with van der Waals surface area (Å²) in [6, 6.07) is 18.5. The zero-order valence-electron chi connectivity index (χ0n) is 14.5. The van der Waals surface area contributed by atoms with Crippen molar-refractivity contribution in [2.75, 3.05) is 5.43 Å². The number of hydrogen-bond donors (Lipinski definition) is 1. The highest BCUT2D eigenvalue weighted by Gasteiger charge is 2.07. The first kappa shape index (κ1) is 18.2. The van der Waals surface area contributed by atoms with Crippen molar-refractivity contribution in [2.24, 2.45) is 0 Å². The minimum atomic E-state index is -0.424. The summed E-state index contributed by atoms with van der Waals surface area (Å²) >= 11 is 7.75. The molecule has 0 aliphatic carbocycles. The number of halogens is 1. The van der Waals surface area contributed by atoms with Crippen molar-refractivity contribution in [3.8, 4) is 10.4 Å². The number of amides is 1. The van der Waals surface area contributed by atoms with Crippen molar-refractivity contribution in [3.05, 3.63) is 93.3 Å². The molecule has 0 spiro atoms. The lowest BCUT2D eigenvalue weighted by atomic mass is 10.2. The van der Waals surface area contributed by atoms with Crippen LogP contribution in [0.25, 0.3) is 27.4 Å². The Hall–Kier alpha value is -3.22. The summed E-state index contributed by atoms with van der Waals surface area (Å²) < 4.78 is 1.08. The van der Waals surface area contributed by atoms with Gasteiger partial charge in [0.2, 0.25) is 0 Å². The summed E-state index contributed by atoms with van der Waals surface area (Å²) in [7, 11) is 0. The molecule has 2 aromatic carbocycles. The highest BCUT2D eigenvalue weighted by Crippen LogP contribution is 2.33. The summed E-state index contributed by atoms with van der Waals surface area (Å²) in [6.07, 6.45) is 4.38. The molecular weight excluding hydrogens is 394 g/mol. The Labute approximate surface area is 169 Å². The smallest absolute Gasteiger partial charge is 0.268 e. The van der Waals surface area contributed by atoms with Gasteiger partial charge in [0.1, 0.15) is 6.33 Å². The second-order valence-electron chi connectivity index (χ2n) is 5.93. The maximum Gasteiger partial charge on any atom is 0.280 e. The van der Waals surface area contributed by atoms with Crippen LogP contribution >= 0.6 is 22.9 Å². The number of aromatic nitrogens is 2. The Balaban J connectivity index is 1.50. The number of para-hydroxylation sites is 1. The molecule has 0 bridgehead atoms. The van der Waals surface area contributed by atoms with E-state index in [9.17, 15) is 9.59 Å². The number of rotatable bonds is 4. The number of hydrogen-bond acceptors (Lipinski definition) is 4. The Morgan fingerprint density at radius 2 is 1.86 bits per heavy atom. The SMILES string of the molecule is O=C(C=Cc1ccc(-c2ccccc2Cl)s1)Nn1cnc2ccccc2c1=O. The standard InChI is InChI=1S/C21H14ClN3O2S/c22-17-7-3-1-5-15(17)19-11-9-14(28-19)10-12-20(26)24-25-13-23-18-8-4-2-6-16(18)21(25)27/h1-13H,(H,24,26). The van der Waals surface area contributed by atoms with E-state index >= 15 is 0 Å². The minimum Gasteiger partial charge on any atom is -0.268 e. The van der Waals surface area contributed by atoms with Gasteiger partial charge in [0.05, 0.1) is 10.9 Å². The van der Waals surface area contributed by atoms with Gasteiger partial charge in [0.15, 0.2) is 0 Å². The van der Waals surface area contributed by atoms with Crippen molar-refractivity contribution in [1.82, 2.24) is 9.66 Å². The molecule has 0 aliphatic rings. The van der Waals surface area contributed by atoms with Crippen LogP contribution in [0.5, 0.6) is 0 Å². The number of nitrogens with zero attached hydrogens (tertiary/aromatic N) is 2. The largest absolute Gasteiger partial charge is 0.280 e. The molecule has 5 nitrogen and oxygen atoms in total. The zero-order chi connectivity index (χ0) is 19.5. The van der Waals surface area contributed by atoms with E-state index in [1.54, 1.807) is 30.3 Å². The minimum absolute atomic E-state index is 0.329. The summed E-state index contributed by atoms with van der Waals surface area (Å²) in [6.45, 7) is 0. The van der Waals surface area contributed by atoms with E-state index in [2.05, 4.69) is 10.4 Å². The highest BCUT2D eigenvalue weighted by molar-refractivity contribution is 7.16. The van der Waals surface area contributed by atoms with Gasteiger partial charge in [-0.3, -0.25) is 15.0 Å². The highest BCUT2D eigenvalue weighted by atomic mass is 35.5. The first-order chi connectivity index (χ1) is 13.6. The van der Waals surface area contributed by atoms with Gasteiger partial charge in [-0.2, -0.15) is 0 Å². The normalized spacial score (nSPS) is 11.2. The fourth-order valence-electron chi connectivity index (χ4n) is 2.71. The molecule has 0 fully saturated rings. The van der Waals surface area contributed by atoms with Gasteiger partial charge in [0, 0.05) is 26.4 Å². The third kappa shape index (κ3) is 3.74. The van der Waals surface area contributed by atoms with Crippen molar-refractivity contribution in [1.29, 1.82) is 0 Å². The number of benzene rings is 2. The summed E-state index contributed by atoms with van der Waals surface area (Å²) in [5, 5.41) is 1.12. The van der Waals surface area contributed by atoms with Gasteiger partial charge in [-0.1, -0.05) is 41.9 Å². The van der Waals surface area contributed by atoms with Crippen LogP contribution in [-0.2, 0) is 4.79 Å². The molecule has 1 N–H and O–H groups in total. The van der Waals surface area contributed by atoms with Crippen LogP contribution in [0.2, 0.25) is 5.02 Å². The van der Waals surface area contributed by atoms with Crippen LogP contribution in [0.3, 0.4) is 0 Å². The molecule has 4 rings (SSSR count). The monoisotopic (exact) mass is 407 g/mol. The molecule has 0 radical (unpaired) electrons. The fourth-order valence-corrected chi connectivity index (χ4v) is 3.95. The molecule has 0 saturated heterocycles. The number of thiophene rings is 1. The first-order valence-corrected chi connectivity index (χ1v) is 9.61. The van der Waals surface area contributed by atoms with E-state index in [1.807, 2.05) is 36.4 Å². The lowest BCUT2D eigenvalue weighted by Crippen LogP contribution is -2.32. The molecule has 7 heteroatoms. The van der Waals surface area contributed by atoms with Gasteiger partial charge in [0.25, 0.3) is 11.5 Å². The number of nitrogens with one attached hydrogen (secondary N) is 1. The number of carbonyl (C=O) groups is 1. The van der Waals surface area contributed by atoms with Crippen molar-refractivity contribution in [2.45, 2.75) is 0 Å². The predicted molar refractivity (Wildman–Crippen MR) is 114 cm³/mol. The molecule has 0 aliphatic heterocycles. The molecule has 0 unspecified atom stereocenters. The molecule has 2 aromatic heterocycles. The van der Waals surface area contributed by atoms with Gasteiger partial charge in [-0.15, -0.1) is 11.3 Å². The van der Waals surface area contributed by atoms with Gasteiger partial charge in [-0.25, -0.2) is 9.66 Å². The van der Waals surface area contributed by atoms with E-state index in [4.69, 9.17) is 11.6 Å². The van der Waals surface area contributed by atoms with Crippen LogP contribution in [0.15, 0.2) is 77.9 Å². The molecular formula is C21H14ClN3O2S. The van der Waals surface area contributed by atoms with E-state index < -0.39 is 5.91 Å². The third-order valence-corrected chi connectivity index (χ3v) is 5.47. The molecule has 2 heterocycles. The van der Waals surface area contributed by atoms with Crippen LogP contribution < -0.4 is 11.0 Å². The molecule has 0 atom stereocenters. The van der Waals surface area contributed by atoms with Crippen molar-refractivity contribution >= 4 is 45.8 Å². The van der Waals surface area contributed by atoms with Crippen LogP contribution in [-0.4, -0.2) is 15.6 Å². The quantitative estimate of drug-likeness (QED) is 0.504. The lowest BCUT2D eigenvalue weighted by Gasteiger charge is -2.06. The molecule has 138 valence electrons. The summed E-state index contributed by atoms with van der Waals surface area (Å²) in [5.74, 6) is -0.424. The average molecular weight is 408 g/mol. The Kier molecular flexibility index (Phi) is 5.06. The van der Waals surface area contributed by atoms with Gasteiger partial charge >= 0.3 is 0 Å². The number of fused-ring (bicyclic) bond motifs is 1. The van der Waals surface area contributed by atoms with Crippen LogP contribution in [0.4, 0.5) is 0 Å². The van der Waals surface area contributed by atoms with E-state index in [0.717, 1.165) is 20.0 Å². The molecule has 4 aromatic rings. The molecule has 0 saturated carbocycles. The fraction of sp³-hybridized carbons (Fsp3) is 0. The Morgan fingerprint density at radius 3 is 2.71 bits per heavy atom. The van der Waals surface area contributed by atoms with Crippen LogP contribution in [0.1, 0.15) is 4.88 Å². The van der Waals surface area contributed by atoms with Crippen LogP contribution in [0, 0.1) is 0 Å². The van der Waals surface area contributed by atoms with E-state index in [1.165, 1.54) is 23.7 Å². The number of carbonyl (C=O) groups excluding carboxylic acids is 1. The van der Waals surface area contributed by atoms with Gasteiger partial charge in [-0.05, 0) is 36.4 Å². The van der Waals surface area contributed by atoms with Crippen molar-refractivity contribution < 1.29 is 4.79 Å². The topological polar surface area (TPSA) is 64.0 Å². The maximum atomic E-state index is 12.4. The molecule has 1 amide bonds. The Morgan fingerprint density at radius 1 is 1.07 bits per heavy atom. The zero-order valence-corrected chi connectivity index (χ0v) is 16.1. The van der Waals surface area contributed by atoms with E-state index in [0.29, 0.717) is 15.9 Å². The third-order valence-electron chi connectivity index (χ3n) is 4.06. The van der Waals surface area contributed by atoms with Crippen molar-refractivity contribution in [3.63, 3.8) is 0 Å². The Bertz CT molecular complexity index is 1260. The molecule has 28 heavy (non-hydrogen) atoms.